The van der Waals surface area contributed by atoms with Crippen molar-refractivity contribution < 1.29 is 4.74 Å². The van der Waals surface area contributed by atoms with Crippen LogP contribution in [-0.2, 0) is 0 Å². The van der Waals surface area contributed by atoms with Gasteiger partial charge in [0.2, 0.25) is 0 Å². The Morgan fingerprint density at radius 2 is 1.75 bits per heavy atom. The molecule has 0 saturated carbocycles. The van der Waals surface area contributed by atoms with E-state index in [4.69, 9.17) is 10.5 Å². The fourth-order valence-electron chi connectivity index (χ4n) is 2.73. The third-order valence-electron chi connectivity index (χ3n) is 3.81. The van der Waals surface area contributed by atoms with E-state index in [1.165, 1.54) is 5.56 Å². The molecule has 1 aliphatic heterocycles. The SMILES string of the molecule is Nc1ccc(O[C@@H]2CCNC[C@@H]2c2ccccc2)cc1. The molecule has 2 atom stereocenters. The van der Waals surface area contributed by atoms with Gasteiger partial charge in [-0.15, -0.1) is 0 Å². The van der Waals surface area contributed by atoms with E-state index in [9.17, 15) is 0 Å². The first-order valence-electron chi connectivity index (χ1n) is 7.11. The minimum absolute atomic E-state index is 0.210. The van der Waals surface area contributed by atoms with Gasteiger partial charge in [0.1, 0.15) is 11.9 Å². The molecule has 0 radical (unpaired) electrons. The Labute approximate surface area is 119 Å². The van der Waals surface area contributed by atoms with Gasteiger partial charge in [-0.2, -0.15) is 0 Å². The van der Waals surface area contributed by atoms with Crippen molar-refractivity contribution in [2.24, 2.45) is 0 Å². The Bertz CT molecular complexity index is 539. The highest BCUT2D eigenvalue weighted by Gasteiger charge is 2.27. The number of hydrogen-bond donors (Lipinski definition) is 2. The van der Waals surface area contributed by atoms with Crippen LogP contribution in [0.5, 0.6) is 5.75 Å². The molecule has 0 spiro atoms. The molecule has 0 unspecified atom stereocenters. The molecule has 20 heavy (non-hydrogen) atoms. The second kappa shape index (κ2) is 5.97. The number of hydrogen-bond acceptors (Lipinski definition) is 3. The van der Waals surface area contributed by atoms with Gasteiger partial charge in [-0.3, -0.25) is 0 Å². The van der Waals surface area contributed by atoms with Crippen molar-refractivity contribution in [2.45, 2.75) is 18.4 Å². The number of rotatable bonds is 3. The Kier molecular flexibility index (Phi) is 3.88. The van der Waals surface area contributed by atoms with Gasteiger partial charge in [0.25, 0.3) is 0 Å². The number of nitrogens with one attached hydrogen (secondary N) is 1. The van der Waals surface area contributed by atoms with Crippen molar-refractivity contribution in [1.82, 2.24) is 5.32 Å². The number of anilines is 1. The maximum atomic E-state index is 6.18. The zero-order valence-electron chi connectivity index (χ0n) is 11.5. The highest BCUT2D eigenvalue weighted by molar-refractivity contribution is 5.41. The second-order valence-corrected chi connectivity index (χ2v) is 5.24. The minimum Gasteiger partial charge on any atom is -0.490 e. The van der Waals surface area contributed by atoms with Gasteiger partial charge in [0.15, 0.2) is 0 Å². The molecule has 3 heteroatoms. The van der Waals surface area contributed by atoms with Gasteiger partial charge in [0, 0.05) is 18.2 Å². The molecule has 1 heterocycles. The maximum Gasteiger partial charge on any atom is 0.119 e. The first-order valence-corrected chi connectivity index (χ1v) is 7.11. The van der Waals surface area contributed by atoms with E-state index in [2.05, 4.69) is 35.6 Å². The van der Waals surface area contributed by atoms with E-state index in [1.54, 1.807) is 0 Å². The van der Waals surface area contributed by atoms with Crippen molar-refractivity contribution in [3.05, 3.63) is 60.2 Å². The van der Waals surface area contributed by atoms with Gasteiger partial charge >= 0.3 is 0 Å². The summed E-state index contributed by atoms with van der Waals surface area (Å²) in [7, 11) is 0. The van der Waals surface area contributed by atoms with Crippen LogP contribution < -0.4 is 15.8 Å². The van der Waals surface area contributed by atoms with E-state index in [1.807, 2.05) is 24.3 Å². The average Bonchev–Trinajstić information content (AvgIpc) is 2.51. The van der Waals surface area contributed by atoms with Crippen LogP contribution in [0.4, 0.5) is 5.69 Å². The lowest BCUT2D eigenvalue weighted by Gasteiger charge is -2.33. The van der Waals surface area contributed by atoms with Crippen LogP contribution in [0.1, 0.15) is 17.9 Å². The normalized spacial score (nSPS) is 22.4. The second-order valence-electron chi connectivity index (χ2n) is 5.24. The smallest absolute Gasteiger partial charge is 0.119 e. The molecule has 0 amide bonds. The molecule has 0 aromatic heterocycles. The van der Waals surface area contributed by atoms with Crippen LogP contribution in [0, 0.1) is 0 Å². The summed E-state index contributed by atoms with van der Waals surface area (Å²) in [6.07, 6.45) is 1.23. The number of nitrogen functional groups attached to an aromatic ring is 1. The summed E-state index contributed by atoms with van der Waals surface area (Å²) >= 11 is 0. The van der Waals surface area contributed by atoms with Gasteiger partial charge in [-0.25, -0.2) is 0 Å². The Morgan fingerprint density at radius 1 is 1.00 bits per heavy atom. The maximum absolute atomic E-state index is 6.18. The first-order chi connectivity index (χ1) is 9.83. The zero-order valence-corrected chi connectivity index (χ0v) is 11.5. The van der Waals surface area contributed by atoms with E-state index in [0.717, 1.165) is 30.9 Å². The molecule has 3 nitrogen and oxygen atoms in total. The highest BCUT2D eigenvalue weighted by Crippen LogP contribution is 2.28. The molecule has 104 valence electrons. The van der Waals surface area contributed by atoms with E-state index in [0.29, 0.717) is 5.92 Å². The minimum atomic E-state index is 0.210. The predicted molar refractivity (Wildman–Crippen MR) is 81.9 cm³/mol. The summed E-state index contributed by atoms with van der Waals surface area (Å²) in [4.78, 5) is 0. The molecule has 0 aliphatic carbocycles. The van der Waals surface area contributed by atoms with Crippen molar-refractivity contribution in [3.63, 3.8) is 0 Å². The van der Waals surface area contributed by atoms with Gasteiger partial charge in [-0.05, 0) is 42.8 Å². The van der Waals surface area contributed by atoms with Crippen LogP contribution in [0.2, 0.25) is 0 Å². The lowest BCUT2D eigenvalue weighted by molar-refractivity contribution is 0.138. The number of benzene rings is 2. The quantitative estimate of drug-likeness (QED) is 0.842. The Morgan fingerprint density at radius 3 is 2.50 bits per heavy atom. The van der Waals surface area contributed by atoms with Crippen LogP contribution in [0.25, 0.3) is 0 Å². The monoisotopic (exact) mass is 268 g/mol. The molecule has 1 aliphatic rings. The highest BCUT2D eigenvalue weighted by atomic mass is 16.5. The van der Waals surface area contributed by atoms with Crippen molar-refractivity contribution in [3.8, 4) is 5.75 Å². The molecule has 1 fully saturated rings. The summed E-state index contributed by atoms with van der Waals surface area (Å²) in [5.41, 5.74) is 7.81. The number of piperidine rings is 1. The van der Waals surface area contributed by atoms with Gasteiger partial charge in [-0.1, -0.05) is 30.3 Å². The standard InChI is InChI=1S/C17H20N2O/c18-14-6-8-15(9-7-14)20-17-10-11-19-12-16(17)13-4-2-1-3-5-13/h1-9,16-17,19H,10-12,18H2/t16-,17-/m1/s1. The molecule has 3 N–H and O–H groups in total. The fourth-order valence-corrected chi connectivity index (χ4v) is 2.73. The lowest BCUT2D eigenvalue weighted by Crippen LogP contribution is -2.41. The largest absolute Gasteiger partial charge is 0.490 e. The summed E-state index contributed by atoms with van der Waals surface area (Å²) in [5, 5.41) is 3.46. The summed E-state index contributed by atoms with van der Waals surface area (Å²) in [6, 6.07) is 18.2. The van der Waals surface area contributed by atoms with E-state index >= 15 is 0 Å². The van der Waals surface area contributed by atoms with Crippen molar-refractivity contribution in [2.75, 3.05) is 18.8 Å². The fraction of sp³-hybridized carbons (Fsp3) is 0.294. The Hall–Kier alpha value is -2.00. The third kappa shape index (κ3) is 2.94. The first kappa shape index (κ1) is 13.0. The average molecular weight is 268 g/mol. The van der Waals surface area contributed by atoms with Crippen molar-refractivity contribution in [1.29, 1.82) is 0 Å². The van der Waals surface area contributed by atoms with Crippen LogP contribution in [0.15, 0.2) is 54.6 Å². The van der Waals surface area contributed by atoms with Crippen LogP contribution in [-0.4, -0.2) is 19.2 Å². The van der Waals surface area contributed by atoms with E-state index < -0.39 is 0 Å². The molecule has 2 aromatic rings. The molecule has 1 saturated heterocycles. The van der Waals surface area contributed by atoms with Gasteiger partial charge in [0.05, 0.1) is 0 Å². The van der Waals surface area contributed by atoms with Crippen LogP contribution >= 0.6 is 0 Å². The summed E-state index contributed by atoms with van der Waals surface area (Å²) < 4.78 is 6.18. The predicted octanol–water partition coefficient (Wildman–Crippen LogP) is 2.79. The topological polar surface area (TPSA) is 47.3 Å². The van der Waals surface area contributed by atoms with Gasteiger partial charge < -0.3 is 15.8 Å². The molecular formula is C17H20N2O. The third-order valence-corrected chi connectivity index (χ3v) is 3.81. The number of ether oxygens (including phenoxy) is 1. The van der Waals surface area contributed by atoms with Crippen LogP contribution in [0.3, 0.4) is 0 Å². The van der Waals surface area contributed by atoms with E-state index in [-0.39, 0.29) is 6.10 Å². The molecule has 2 aromatic carbocycles. The zero-order chi connectivity index (χ0) is 13.8. The molecular weight excluding hydrogens is 248 g/mol. The number of nitrogens with two attached hydrogens (primary N) is 1. The lowest BCUT2D eigenvalue weighted by atomic mass is 9.89. The summed E-state index contributed by atoms with van der Waals surface area (Å²) in [5.74, 6) is 1.29. The molecule has 3 rings (SSSR count). The van der Waals surface area contributed by atoms with Crippen molar-refractivity contribution >= 4 is 5.69 Å². The summed E-state index contributed by atoms with van der Waals surface area (Å²) in [6.45, 7) is 1.96. The Balaban J connectivity index is 1.77. The molecule has 0 bridgehead atoms.